The molecule has 0 amide bonds. The molecule has 0 spiro atoms. The second kappa shape index (κ2) is 11.7. The van der Waals surface area contributed by atoms with Crippen molar-refractivity contribution in [2.45, 2.75) is 41.5 Å². The third-order valence-electron chi connectivity index (χ3n) is 10.2. The van der Waals surface area contributed by atoms with Crippen LogP contribution < -0.4 is 16.4 Å². The average molecular weight is 619 g/mol. The Labute approximate surface area is 283 Å². The van der Waals surface area contributed by atoms with Crippen molar-refractivity contribution in [2.75, 3.05) is 0 Å². The highest BCUT2D eigenvalue weighted by Crippen LogP contribution is 2.35. The summed E-state index contributed by atoms with van der Waals surface area (Å²) in [4.78, 5) is 8.81. The molecule has 48 heavy (non-hydrogen) atoms. The van der Waals surface area contributed by atoms with E-state index in [1.165, 1.54) is 82.4 Å². The topological polar surface area (TPSA) is 28.7 Å². The predicted molar refractivity (Wildman–Crippen MR) is 208 cm³/mol. The minimum absolute atomic E-state index is 0.169. The van der Waals surface area contributed by atoms with Gasteiger partial charge in [-0.2, -0.15) is 0 Å². The van der Waals surface area contributed by atoms with Crippen molar-refractivity contribution in [3.05, 3.63) is 155 Å². The van der Waals surface area contributed by atoms with Gasteiger partial charge in [0.05, 0.1) is 11.0 Å². The van der Waals surface area contributed by atoms with Crippen LogP contribution in [0, 0.1) is 41.5 Å². The number of hydrogen-bond acceptors (Lipinski definition) is 1. The van der Waals surface area contributed by atoms with Gasteiger partial charge in [0, 0.05) is 16.3 Å². The molecule has 0 atom stereocenters. The van der Waals surface area contributed by atoms with E-state index in [2.05, 4.69) is 168 Å². The second-order valence-corrected chi connectivity index (χ2v) is 13.7. The van der Waals surface area contributed by atoms with Gasteiger partial charge in [-0.3, -0.25) is 0 Å². The molecule has 1 heterocycles. The largest absolute Gasteiger partial charge is 0.337 e. The molecule has 0 bridgehead atoms. The molecule has 0 aliphatic carbocycles. The number of fused-ring (bicyclic) bond motifs is 6. The van der Waals surface area contributed by atoms with Crippen molar-refractivity contribution in [1.82, 2.24) is 9.97 Å². The molecule has 8 rings (SSSR count). The number of rotatable bonds is 5. The Bertz CT molecular complexity index is 2330. The number of H-pyrrole nitrogens is 1. The number of nitrogens with zero attached hydrogens (tertiary/aromatic N) is 1. The van der Waals surface area contributed by atoms with Crippen molar-refractivity contribution in [3.63, 3.8) is 0 Å². The molecular weight excluding hydrogens is 579 g/mol. The number of nitrogens with one attached hydrogen (secondary N) is 1. The van der Waals surface area contributed by atoms with Gasteiger partial charge in [-0.1, -0.05) is 171 Å². The van der Waals surface area contributed by atoms with Gasteiger partial charge in [0.15, 0.2) is 0 Å². The van der Waals surface area contributed by atoms with Gasteiger partial charge in [-0.05, 0) is 63.4 Å². The quantitative estimate of drug-likeness (QED) is 0.151. The molecule has 0 aliphatic heterocycles. The summed E-state index contributed by atoms with van der Waals surface area (Å²) in [7, 11) is 0. The van der Waals surface area contributed by atoms with Crippen LogP contribution in [0.1, 0.15) is 33.4 Å². The lowest BCUT2D eigenvalue weighted by atomic mass is 9.34. The summed E-state index contributed by atoms with van der Waals surface area (Å²) in [6.45, 7) is 13.6. The van der Waals surface area contributed by atoms with E-state index in [4.69, 9.17) is 4.98 Å². The van der Waals surface area contributed by atoms with Gasteiger partial charge in [0.2, 0.25) is 6.71 Å². The van der Waals surface area contributed by atoms with E-state index < -0.39 is 0 Å². The Morgan fingerprint density at radius 3 is 1.40 bits per heavy atom. The fourth-order valence-corrected chi connectivity index (χ4v) is 8.22. The van der Waals surface area contributed by atoms with Crippen molar-refractivity contribution in [3.8, 4) is 22.5 Å². The Morgan fingerprint density at radius 1 is 0.458 bits per heavy atom. The SMILES string of the molecule is Cc1cc(C)c(B(c2ccc(-c3ccc(-c4nc5c6ccccc6c6ccccc6c5[nH]4)cc3)cc2)c2c(C)cc(C)cc2C)c(C)c1. The molecular formula is C45H39BN2. The molecule has 0 fully saturated rings. The van der Waals surface area contributed by atoms with Crippen LogP contribution in [-0.4, -0.2) is 16.7 Å². The Balaban J connectivity index is 1.17. The number of hydrogen-bond donors (Lipinski definition) is 1. The van der Waals surface area contributed by atoms with E-state index in [0.717, 1.165) is 22.4 Å². The van der Waals surface area contributed by atoms with Gasteiger partial charge in [-0.15, -0.1) is 0 Å². The van der Waals surface area contributed by atoms with Crippen LogP contribution in [-0.2, 0) is 0 Å². The van der Waals surface area contributed by atoms with Crippen molar-refractivity contribution in [1.29, 1.82) is 0 Å². The Kier molecular flexibility index (Phi) is 7.29. The molecule has 0 radical (unpaired) electrons. The summed E-state index contributed by atoms with van der Waals surface area (Å²) >= 11 is 0. The van der Waals surface area contributed by atoms with E-state index in [-0.39, 0.29) is 6.71 Å². The first-order chi connectivity index (χ1) is 23.3. The lowest BCUT2D eigenvalue weighted by Gasteiger charge is -2.24. The first-order valence-corrected chi connectivity index (χ1v) is 16.9. The van der Waals surface area contributed by atoms with E-state index in [0.29, 0.717) is 0 Å². The number of imidazole rings is 1. The smallest absolute Gasteiger partial charge is 0.242 e. The molecule has 0 aliphatic rings. The van der Waals surface area contributed by atoms with Crippen LogP contribution in [0.2, 0.25) is 0 Å². The lowest BCUT2D eigenvalue weighted by molar-refractivity contribution is 1.34. The maximum atomic E-state index is 5.14. The minimum atomic E-state index is 0.169. The molecule has 232 valence electrons. The van der Waals surface area contributed by atoms with Gasteiger partial charge < -0.3 is 4.98 Å². The molecule has 8 aromatic rings. The molecule has 0 saturated carbocycles. The van der Waals surface area contributed by atoms with Gasteiger partial charge in [0.1, 0.15) is 5.82 Å². The number of aromatic amines is 1. The third kappa shape index (κ3) is 5.02. The highest BCUT2D eigenvalue weighted by molar-refractivity contribution is 6.96. The van der Waals surface area contributed by atoms with Crippen molar-refractivity contribution < 1.29 is 0 Å². The fourth-order valence-electron chi connectivity index (χ4n) is 8.22. The van der Waals surface area contributed by atoms with E-state index in [1.807, 2.05) is 0 Å². The summed E-state index contributed by atoms with van der Waals surface area (Å²) in [6.07, 6.45) is 0. The lowest BCUT2D eigenvalue weighted by Crippen LogP contribution is -2.55. The van der Waals surface area contributed by atoms with Crippen molar-refractivity contribution in [2.24, 2.45) is 0 Å². The average Bonchev–Trinajstić information content (AvgIpc) is 3.53. The van der Waals surface area contributed by atoms with E-state index in [9.17, 15) is 0 Å². The van der Waals surface area contributed by atoms with Gasteiger partial charge >= 0.3 is 0 Å². The fraction of sp³-hybridized carbons (Fsp3) is 0.133. The summed E-state index contributed by atoms with van der Waals surface area (Å²) in [5.41, 5.74) is 17.8. The summed E-state index contributed by atoms with van der Waals surface area (Å²) in [5.74, 6) is 0.893. The van der Waals surface area contributed by atoms with Crippen LogP contribution in [0.3, 0.4) is 0 Å². The Morgan fingerprint density at radius 2 is 0.875 bits per heavy atom. The van der Waals surface area contributed by atoms with Crippen LogP contribution >= 0.6 is 0 Å². The van der Waals surface area contributed by atoms with Gasteiger partial charge in [-0.25, -0.2) is 4.98 Å². The molecule has 1 N–H and O–H groups in total. The summed E-state index contributed by atoms with van der Waals surface area (Å²) in [5, 5.41) is 4.86. The zero-order valence-electron chi connectivity index (χ0n) is 28.6. The van der Waals surface area contributed by atoms with Crippen LogP contribution in [0.5, 0.6) is 0 Å². The molecule has 0 saturated heterocycles. The number of benzene rings is 7. The first-order valence-electron chi connectivity index (χ1n) is 16.9. The highest BCUT2D eigenvalue weighted by Gasteiger charge is 2.28. The maximum Gasteiger partial charge on any atom is 0.242 e. The molecule has 0 unspecified atom stereocenters. The first kappa shape index (κ1) is 30.0. The minimum Gasteiger partial charge on any atom is -0.337 e. The van der Waals surface area contributed by atoms with Gasteiger partial charge in [0.25, 0.3) is 0 Å². The van der Waals surface area contributed by atoms with Crippen molar-refractivity contribution >= 4 is 55.7 Å². The monoisotopic (exact) mass is 618 g/mol. The number of aryl methyl sites for hydroxylation is 6. The third-order valence-corrected chi connectivity index (χ3v) is 10.2. The maximum absolute atomic E-state index is 5.14. The Hall–Kier alpha value is -5.41. The molecule has 1 aromatic heterocycles. The van der Waals surface area contributed by atoms with Crippen LogP contribution in [0.15, 0.2) is 121 Å². The summed E-state index contributed by atoms with van der Waals surface area (Å²) in [6, 6.07) is 44.5. The summed E-state index contributed by atoms with van der Waals surface area (Å²) < 4.78 is 0. The zero-order valence-corrected chi connectivity index (χ0v) is 28.6. The zero-order chi connectivity index (χ0) is 33.1. The second-order valence-electron chi connectivity index (χ2n) is 13.7. The normalized spacial score (nSPS) is 11.5. The number of aromatic nitrogens is 2. The predicted octanol–water partition coefficient (Wildman–Crippen LogP) is 9.57. The van der Waals surface area contributed by atoms with E-state index in [1.54, 1.807) is 0 Å². The van der Waals surface area contributed by atoms with E-state index >= 15 is 0 Å². The molecule has 3 heteroatoms. The van der Waals surface area contributed by atoms with Crippen LogP contribution in [0.25, 0.3) is 55.1 Å². The highest BCUT2D eigenvalue weighted by atomic mass is 14.9. The molecule has 2 nitrogen and oxygen atoms in total. The standard InChI is InChI=1S/C45H39BN2/c1-27-23-29(3)41(30(4)24-27)46(42-31(5)25-28(2)26-32(42)6)36-21-19-34(20-22-36)33-15-17-35(18-16-33)45-47-43-39-13-9-7-11-37(39)38-12-8-10-14-40(38)44(43)48-45/h7-26H,1-6H3,(H,47,48). The van der Waals surface area contributed by atoms with Crippen LogP contribution in [0.4, 0.5) is 0 Å². The molecule has 7 aromatic carbocycles.